The van der Waals surface area contributed by atoms with Crippen molar-refractivity contribution >= 4 is 46.1 Å². The molecule has 1 aliphatic heterocycles. The molecule has 0 bridgehead atoms. The zero-order valence-electron chi connectivity index (χ0n) is 17.6. The molecule has 170 valence electrons. The number of non-ortho nitro benzene ring substituents is 1. The molecule has 1 saturated heterocycles. The van der Waals surface area contributed by atoms with E-state index < -0.39 is 15.1 Å². The number of nitro benzene ring substituents is 2. The van der Waals surface area contributed by atoms with Crippen LogP contribution in [0.2, 0.25) is 0 Å². The molecule has 1 heterocycles. The van der Waals surface area contributed by atoms with Crippen molar-refractivity contribution in [3.8, 4) is 0 Å². The van der Waals surface area contributed by atoms with E-state index in [1.807, 2.05) is 6.07 Å². The molecule has 10 nitrogen and oxygen atoms in total. The molecular formula is C23H17N5O5S. The van der Waals surface area contributed by atoms with Crippen LogP contribution in [0, 0.1) is 20.2 Å². The number of thioether (sulfide) groups is 1. The fourth-order valence-electron chi connectivity index (χ4n) is 3.37. The van der Waals surface area contributed by atoms with E-state index in [0.717, 1.165) is 0 Å². The zero-order valence-corrected chi connectivity index (χ0v) is 18.4. The normalized spacial score (nSPS) is 16.9. The Bertz CT molecular complexity index is 1290. The lowest BCUT2D eigenvalue weighted by Crippen LogP contribution is -2.32. The highest BCUT2D eigenvalue weighted by Crippen LogP contribution is 2.35. The molecule has 1 unspecified atom stereocenters. The first-order valence-corrected chi connectivity index (χ1v) is 11.0. The Hall–Kier alpha value is -4.38. The second kappa shape index (κ2) is 10.0. The standard InChI is InChI=1S/C23H17N5O5S/c29-22-21(14-17-6-4-5-9-20(17)28(32)33)34-23(26(22)18-7-2-1-3-8-18)25-24-15-16-10-12-19(13-11-16)27(30)31/h1-13,15,21H,14H2/b24-15+,25-23+. The van der Waals surface area contributed by atoms with E-state index in [4.69, 9.17) is 0 Å². The van der Waals surface area contributed by atoms with Gasteiger partial charge >= 0.3 is 0 Å². The minimum Gasteiger partial charge on any atom is -0.273 e. The minimum absolute atomic E-state index is 0.0338. The van der Waals surface area contributed by atoms with Crippen LogP contribution in [0.3, 0.4) is 0 Å². The van der Waals surface area contributed by atoms with E-state index >= 15 is 0 Å². The summed E-state index contributed by atoms with van der Waals surface area (Å²) >= 11 is 1.18. The van der Waals surface area contributed by atoms with E-state index in [1.165, 1.54) is 41.1 Å². The molecule has 0 saturated carbocycles. The maximum absolute atomic E-state index is 13.3. The number of para-hydroxylation sites is 2. The molecule has 1 atom stereocenters. The molecule has 34 heavy (non-hydrogen) atoms. The first-order chi connectivity index (χ1) is 16.4. The van der Waals surface area contributed by atoms with Crippen LogP contribution < -0.4 is 4.90 Å². The van der Waals surface area contributed by atoms with Crippen LogP contribution in [0.5, 0.6) is 0 Å². The molecule has 11 heteroatoms. The summed E-state index contributed by atoms with van der Waals surface area (Å²) in [4.78, 5) is 35.9. The number of carbonyl (C=O) groups excluding carboxylic acids is 1. The van der Waals surface area contributed by atoms with Crippen molar-refractivity contribution in [2.75, 3.05) is 4.90 Å². The van der Waals surface area contributed by atoms with Crippen molar-refractivity contribution in [1.82, 2.24) is 0 Å². The van der Waals surface area contributed by atoms with Gasteiger partial charge in [-0.2, -0.15) is 5.10 Å². The van der Waals surface area contributed by atoms with E-state index in [9.17, 15) is 25.0 Å². The van der Waals surface area contributed by atoms with Crippen LogP contribution in [0.1, 0.15) is 11.1 Å². The average molecular weight is 475 g/mol. The molecule has 0 aromatic heterocycles. The predicted molar refractivity (Wildman–Crippen MR) is 130 cm³/mol. The number of carbonyl (C=O) groups is 1. The van der Waals surface area contributed by atoms with Gasteiger partial charge in [-0.3, -0.25) is 29.9 Å². The van der Waals surface area contributed by atoms with Crippen LogP contribution in [0.4, 0.5) is 17.1 Å². The summed E-state index contributed by atoms with van der Waals surface area (Å²) in [6.45, 7) is 0. The van der Waals surface area contributed by atoms with Crippen LogP contribution >= 0.6 is 11.8 Å². The quantitative estimate of drug-likeness (QED) is 0.279. The molecule has 0 aliphatic carbocycles. The molecule has 0 spiro atoms. The van der Waals surface area contributed by atoms with Gasteiger partial charge in [0, 0.05) is 30.2 Å². The van der Waals surface area contributed by atoms with Gasteiger partial charge < -0.3 is 0 Å². The summed E-state index contributed by atoms with van der Waals surface area (Å²) in [5.41, 5.74) is 1.60. The molecule has 0 N–H and O–H groups in total. The molecule has 3 aromatic rings. The maximum Gasteiger partial charge on any atom is 0.272 e. The Kier molecular flexibility index (Phi) is 6.74. The summed E-state index contributed by atoms with van der Waals surface area (Å²) in [7, 11) is 0. The van der Waals surface area contributed by atoms with E-state index in [0.29, 0.717) is 22.0 Å². The first kappa shape index (κ1) is 22.8. The molecule has 0 radical (unpaired) electrons. The van der Waals surface area contributed by atoms with Crippen molar-refractivity contribution < 1.29 is 14.6 Å². The molecule has 1 fully saturated rings. The number of hydrogen-bond acceptors (Lipinski definition) is 8. The lowest BCUT2D eigenvalue weighted by molar-refractivity contribution is -0.385. The minimum atomic E-state index is -0.616. The summed E-state index contributed by atoms with van der Waals surface area (Å²) in [6.07, 6.45) is 1.59. The first-order valence-electron chi connectivity index (χ1n) is 10.1. The highest BCUT2D eigenvalue weighted by atomic mass is 32.2. The smallest absolute Gasteiger partial charge is 0.272 e. The molecular weight excluding hydrogens is 458 g/mol. The number of amides is 1. The molecule has 3 aromatic carbocycles. The summed E-state index contributed by atoms with van der Waals surface area (Å²) in [6, 6.07) is 21.1. The average Bonchev–Trinajstić information content (AvgIpc) is 3.14. The number of anilines is 1. The topological polar surface area (TPSA) is 131 Å². The second-order valence-electron chi connectivity index (χ2n) is 7.18. The predicted octanol–water partition coefficient (Wildman–Crippen LogP) is 4.58. The highest BCUT2D eigenvalue weighted by molar-refractivity contribution is 8.16. The molecule has 4 rings (SSSR count). The van der Waals surface area contributed by atoms with Gasteiger partial charge in [0.15, 0.2) is 5.17 Å². The van der Waals surface area contributed by atoms with Gasteiger partial charge in [0.1, 0.15) is 0 Å². The Morgan fingerprint density at radius 1 is 0.912 bits per heavy atom. The van der Waals surface area contributed by atoms with Gasteiger partial charge in [0.2, 0.25) is 5.91 Å². The number of benzene rings is 3. The Morgan fingerprint density at radius 3 is 2.26 bits per heavy atom. The van der Waals surface area contributed by atoms with Gasteiger partial charge in [-0.1, -0.05) is 48.2 Å². The fraction of sp³-hybridized carbons (Fsp3) is 0.0870. The Balaban J connectivity index is 1.61. The van der Waals surface area contributed by atoms with Crippen LogP contribution in [0.25, 0.3) is 0 Å². The van der Waals surface area contributed by atoms with Gasteiger partial charge in [0.25, 0.3) is 11.4 Å². The summed E-state index contributed by atoms with van der Waals surface area (Å²) in [5, 5.41) is 30.2. The van der Waals surface area contributed by atoms with Crippen LogP contribution in [-0.4, -0.2) is 32.4 Å². The molecule has 1 aliphatic rings. The van der Waals surface area contributed by atoms with Crippen molar-refractivity contribution in [2.45, 2.75) is 11.7 Å². The van der Waals surface area contributed by atoms with Crippen molar-refractivity contribution in [1.29, 1.82) is 0 Å². The zero-order chi connectivity index (χ0) is 24.1. The maximum atomic E-state index is 13.3. The molecule has 1 amide bonds. The fourth-order valence-corrected chi connectivity index (χ4v) is 4.49. The number of nitrogens with zero attached hydrogens (tertiary/aromatic N) is 5. The van der Waals surface area contributed by atoms with Gasteiger partial charge in [-0.05, 0) is 29.8 Å². The largest absolute Gasteiger partial charge is 0.273 e. The van der Waals surface area contributed by atoms with Gasteiger partial charge in [-0.25, -0.2) is 0 Å². The van der Waals surface area contributed by atoms with Gasteiger partial charge in [0.05, 0.1) is 27.0 Å². The number of amidine groups is 1. The third-order valence-electron chi connectivity index (χ3n) is 5.00. The number of hydrogen-bond donors (Lipinski definition) is 0. The van der Waals surface area contributed by atoms with Crippen LogP contribution in [-0.2, 0) is 11.2 Å². The van der Waals surface area contributed by atoms with Crippen molar-refractivity contribution in [3.63, 3.8) is 0 Å². The summed E-state index contributed by atoms with van der Waals surface area (Å²) < 4.78 is 0. The van der Waals surface area contributed by atoms with Gasteiger partial charge in [-0.15, -0.1) is 5.10 Å². The number of nitro groups is 2. The Morgan fingerprint density at radius 2 is 1.59 bits per heavy atom. The Labute approximate surface area is 197 Å². The monoisotopic (exact) mass is 475 g/mol. The van der Waals surface area contributed by atoms with E-state index in [-0.39, 0.29) is 23.7 Å². The third kappa shape index (κ3) is 4.99. The second-order valence-corrected chi connectivity index (χ2v) is 8.35. The number of rotatable bonds is 7. The SMILES string of the molecule is O=C1C(Cc2ccccc2[N+](=O)[O-])S/C(=N/N=C/c2ccc([N+](=O)[O-])cc2)N1c1ccccc1. The lowest BCUT2D eigenvalue weighted by atomic mass is 10.1. The lowest BCUT2D eigenvalue weighted by Gasteiger charge is -2.15. The summed E-state index contributed by atoms with van der Waals surface area (Å²) in [5.74, 6) is -0.251. The highest BCUT2D eigenvalue weighted by Gasteiger charge is 2.40. The van der Waals surface area contributed by atoms with E-state index in [1.54, 1.807) is 54.6 Å². The van der Waals surface area contributed by atoms with Crippen LogP contribution in [0.15, 0.2) is 89.1 Å². The van der Waals surface area contributed by atoms with Crippen molar-refractivity contribution in [2.24, 2.45) is 10.2 Å². The third-order valence-corrected chi connectivity index (χ3v) is 6.12. The van der Waals surface area contributed by atoms with Crippen molar-refractivity contribution in [3.05, 3.63) is 110 Å². The van der Waals surface area contributed by atoms with E-state index in [2.05, 4.69) is 10.2 Å².